The third-order valence-corrected chi connectivity index (χ3v) is 4.50. The number of nitrogen functional groups attached to an aromatic ring is 1. The van der Waals surface area contributed by atoms with E-state index in [0.717, 1.165) is 22.4 Å². The Hall–Kier alpha value is -1.34. The lowest BCUT2D eigenvalue weighted by molar-refractivity contribution is 1.10. The van der Waals surface area contributed by atoms with Gasteiger partial charge in [0.1, 0.15) is 0 Å². The van der Waals surface area contributed by atoms with Crippen molar-refractivity contribution in [2.75, 3.05) is 5.73 Å². The van der Waals surface area contributed by atoms with Crippen LogP contribution in [0.4, 0.5) is 5.82 Å². The van der Waals surface area contributed by atoms with Crippen LogP contribution in [0.15, 0.2) is 41.8 Å². The van der Waals surface area contributed by atoms with Gasteiger partial charge in [-0.05, 0) is 34.2 Å². The number of aromatic amines is 1. The standard InChI is InChI=1S/C13H10IN3S/c14-10-6-9(7-18-10)12-11(13(15)17-16-12)8-4-2-1-3-5-8/h1-7H,(H3,15,16,17). The van der Waals surface area contributed by atoms with E-state index in [1.807, 2.05) is 30.3 Å². The highest BCUT2D eigenvalue weighted by Gasteiger charge is 2.15. The zero-order valence-corrected chi connectivity index (χ0v) is 12.3. The number of H-pyrrole nitrogens is 1. The summed E-state index contributed by atoms with van der Waals surface area (Å²) in [7, 11) is 0. The molecule has 0 radical (unpaired) electrons. The van der Waals surface area contributed by atoms with Gasteiger partial charge in [0.25, 0.3) is 0 Å². The summed E-state index contributed by atoms with van der Waals surface area (Å²) in [4.78, 5) is 0. The summed E-state index contributed by atoms with van der Waals surface area (Å²) in [6.07, 6.45) is 0. The second-order valence-electron chi connectivity index (χ2n) is 3.86. The molecule has 1 aromatic carbocycles. The Bertz CT molecular complexity index is 673. The zero-order chi connectivity index (χ0) is 12.5. The van der Waals surface area contributed by atoms with Crippen molar-refractivity contribution in [1.29, 1.82) is 0 Å². The first kappa shape index (κ1) is 11.7. The van der Waals surface area contributed by atoms with Crippen molar-refractivity contribution in [2.24, 2.45) is 0 Å². The van der Waals surface area contributed by atoms with Crippen LogP contribution in [0.25, 0.3) is 22.4 Å². The molecule has 3 aromatic rings. The molecule has 3 rings (SSSR count). The molecule has 0 aliphatic heterocycles. The van der Waals surface area contributed by atoms with Crippen LogP contribution in [0, 0.1) is 2.88 Å². The molecule has 5 heteroatoms. The van der Waals surface area contributed by atoms with Crippen molar-refractivity contribution >= 4 is 39.7 Å². The molecular weight excluding hydrogens is 357 g/mol. The van der Waals surface area contributed by atoms with Crippen molar-refractivity contribution in [2.45, 2.75) is 0 Å². The molecule has 0 saturated carbocycles. The fourth-order valence-electron chi connectivity index (χ4n) is 1.90. The van der Waals surface area contributed by atoms with Crippen molar-refractivity contribution in [3.8, 4) is 22.4 Å². The van der Waals surface area contributed by atoms with Crippen LogP contribution in [-0.4, -0.2) is 10.2 Å². The Kier molecular flexibility index (Phi) is 3.09. The van der Waals surface area contributed by atoms with Gasteiger partial charge in [-0.2, -0.15) is 5.10 Å². The number of nitrogens with zero attached hydrogens (tertiary/aromatic N) is 1. The first-order valence-corrected chi connectivity index (χ1v) is 7.35. The van der Waals surface area contributed by atoms with Gasteiger partial charge < -0.3 is 5.73 Å². The topological polar surface area (TPSA) is 54.7 Å². The molecule has 0 amide bonds. The maximum absolute atomic E-state index is 5.98. The summed E-state index contributed by atoms with van der Waals surface area (Å²) in [6.45, 7) is 0. The van der Waals surface area contributed by atoms with Crippen molar-refractivity contribution in [3.05, 3.63) is 44.7 Å². The van der Waals surface area contributed by atoms with Crippen LogP contribution in [0.1, 0.15) is 0 Å². The van der Waals surface area contributed by atoms with Crippen molar-refractivity contribution < 1.29 is 0 Å². The molecule has 3 N–H and O–H groups in total. The van der Waals surface area contributed by atoms with Crippen LogP contribution in [0.2, 0.25) is 0 Å². The minimum atomic E-state index is 0.539. The van der Waals surface area contributed by atoms with E-state index in [1.54, 1.807) is 11.3 Å². The number of aromatic nitrogens is 2. The van der Waals surface area contributed by atoms with Gasteiger partial charge in [-0.3, -0.25) is 5.10 Å². The molecule has 0 fully saturated rings. The number of hydrogen-bond donors (Lipinski definition) is 2. The first-order valence-electron chi connectivity index (χ1n) is 5.39. The molecule has 0 atom stereocenters. The maximum Gasteiger partial charge on any atom is 0.153 e. The highest BCUT2D eigenvalue weighted by molar-refractivity contribution is 14.1. The number of thiophene rings is 1. The zero-order valence-electron chi connectivity index (χ0n) is 9.35. The van der Waals surface area contributed by atoms with Crippen LogP contribution < -0.4 is 5.73 Å². The molecule has 90 valence electrons. The quantitative estimate of drug-likeness (QED) is 0.673. The average Bonchev–Trinajstić information content (AvgIpc) is 2.96. The van der Waals surface area contributed by atoms with Gasteiger partial charge in [0, 0.05) is 10.9 Å². The van der Waals surface area contributed by atoms with Crippen molar-refractivity contribution in [1.82, 2.24) is 10.2 Å². The lowest BCUT2D eigenvalue weighted by Crippen LogP contribution is -1.88. The highest BCUT2D eigenvalue weighted by atomic mass is 127. The van der Waals surface area contributed by atoms with E-state index < -0.39 is 0 Å². The van der Waals surface area contributed by atoms with Crippen molar-refractivity contribution in [3.63, 3.8) is 0 Å². The molecule has 0 aliphatic carbocycles. The Labute approximate surface area is 122 Å². The van der Waals surface area contributed by atoms with E-state index >= 15 is 0 Å². The molecule has 0 unspecified atom stereocenters. The number of anilines is 1. The van der Waals surface area contributed by atoms with E-state index in [4.69, 9.17) is 5.73 Å². The number of hydrogen-bond acceptors (Lipinski definition) is 3. The Morgan fingerprint density at radius 3 is 2.61 bits per heavy atom. The van der Waals surface area contributed by atoms with Gasteiger partial charge >= 0.3 is 0 Å². The second kappa shape index (κ2) is 4.74. The number of benzene rings is 1. The van der Waals surface area contributed by atoms with Crippen LogP contribution in [0.5, 0.6) is 0 Å². The van der Waals surface area contributed by atoms with E-state index in [1.165, 1.54) is 2.88 Å². The van der Waals surface area contributed by atoms with E-state index in [2.05, 4.69) is 44.2 Å². The van der Waals surface area contributed by atoms with Gasteiger partial charge in [-0.15, -0.1) is 11.3 Å². The summed E-state index contributed by atoms with van der Waals surface area (Å²) in [5, 5.41) is 9.28. The summed E-state index contributed by atoms with van der Waals surface area (Å²) >= 11 is 4.02. The SMILES string of the molecule is Nc1n[nH]c(-c2csc(I)c2)c1-c1ccccc1. The third kappa shape index (κ3) is 2.04. The lowest BCUT2D eigenvalue weighted by atomic mass is 10.0. The number of nitrogens with two attached hydrogens (primary N) is 1. The normalized spacial score (nSPS) is 10.7. The number of nitrogens with one attached hydrogen (secondary N) is 1. The van der Waals surface area contributed by atoms with E-state index in [9.17, 15) is 0 Å². The predicted octanol–water partition coefficient (Wildman–Crippen LogP) is 3.99. The smallest absolute Gasteiger partial charge is 0.153 e. The molecule has 0 bridgehead atoms. The van der Waals surface area contributed by atoms with Crippen LogP contribution in [-0.2, 0) is 0 Å². The number of rotatable bonds is 2. The van der Waals surface area contributed by atoms with Gasteiger partial charge in [0.2, 0.25) is 0 Å². The highest BCUT2D eigenvalue weighted by Crippen LogP contribution is 2.36. The van der Waals surface area contributed by atoms with Gasteiger partial charge in [0.05, 0.1) is 14.1 Å². The average molecular weight is 367 g/mol. The summed E-state index contributed by atoms with van der Waals surface area (Å²) in [5.74, 6) is 0.539. The summed E-state index contributed by atoms with van der Waals surface area (Å²) in [6, 6.07) is 12.2. The summed E-state index contributed by atoms with van der Waals surface area (Å²) in [5.41, 5.74) is 10.2. The Morgan fingerprint density at radius 1 is 1.17 bits per heavy atom. The van der Waals surface area contributed by atoms with Crippen LogP contribution in [0.3, 0.4) is 0 Å². The predicted molar refractivity (Wildman–Crippen MR) is 84.5 cm³/mol. The minimum absolute atomic E-state index is 0.539. The third-order valence-electron chi connectivity index (χ3n) is 2.71. The maximum atomic E-state index is 5.98. The Balaban J connectivity index is 2.18. The Morgan fingerprint density at radius 2 is 1.94 bits per heavy atom. The molecular formula is C13H10IN3S. The molecule has 0 aliphatic rings. The fourth-order valence-corrected chi connectivity index (χ4v) is 3.24. The second-order valence-corrected chi connectivity index (χ2v) is 6.67. The molecule has 18 heavy (non-hydrogen) atoms. The fraction of sp³-hybridized carbons (Fsp3) is 0. The molecule has 3 nitrogen and oxygen atoms in total. The summed E-state index contributed by atoms with van der Waals surface area (Å²) < 4.78 is 1.25. The van der Waals surface area contributed by atoms with Gasteiger partial charge in [-0.25, -0.2) is 0 Å². The largest absolute Gasteiger partial charge is 0.382 e. The van der Waals surface area contributed by atoms with Crippen LogP contribution >= 0.6 is 33.9 Å². The molecule has 2 heterocycles. The monoisotopic (exact) mass is 367 g/mol. The molecule has 2 aromatic heterocycles. The van der Waals surface area contributed by atoms with Gasteiger partial charge in [-0.1, -0.05) is 30.3 Å². The van der Waals surface area contributed by atoms with E-state index in [-0.39, 0.29) is 0 Å². The van der Waals surface area contributed by atoms with Gasteiger partial charge in [0.15, 0.2) is 5.82 Å². The minimum Gasteiger partial charge on any atom is -0.382 e. The lowest BCUT2D eigenvalue weighted by Gasteiger charge is -2.02. The molecule has 0 saturated heterocycles. The molecule has 0 spiro atoms. The number of halogens is 1. The van der Waals surface area contributed by atoms with E-state index in [0.29, 0.717) is 5.82 Å². The first-order chi connectivity index (χ1) is 8.75.